The number of hydrogen-bond donors (Lipinski definition) is 3. The van der Waals surface area contributed by atoms with Crippen molar-refractivity contribution < 1.29 is 13.2 Å². The lowest BCUT2D eigenvalue weighted by molar-refractivity contribution is -0.115. The Bertz CT molecular complexity index is 497. The normalized spacial score (nSPS) is 11.2. The lowest BCUT2D eigenvalue weighted by atomic mass is 10.2. The summed E-state index contributed by atoms with van der Waals surface area (Å²) in [6.45, 7) is 2.88. The zero-order chi connectivity index (χ0) is 13.6. The first-order valence-electron chi connectivity index (χ1n) is 5.50. The van der Waals surface area contributed by atoms with Gasteiger partial charge in [0.05, 0.1) is 12.3 Å². The third-order valence-electron chi connectivity index (χ3n) is 2.14. The molecule has 0 aliphatic rings. The fourth-order valence-corrected chi connectivity index (χ4v) is 2.02. The minimum absolute atomic E-state index is 0.143. The largest absolute Gasteiger partial charge is 0.325 e. The first-order valence-corrected chi connectivity index (χ1v) is 7.22. The Morgan fingerprint density at radius 2 is 1.89 bits per heavy atom. The fraction of sp³-hybridized carbons (Fsp3) is 0.364. The summed E-state index contributed by atoms with van der Waals surface area (Å²) in [6, 6.07) is 6.52. The van der Waals surface area contributed by atoms with Crippen LogP contribution in [0.5, 0.6) is 0 Å². The van der Waals surface area contributed by atoms with Crippen molar-refractivity contribution in [2.75, 3.05) is 18.4 Å². The number of benzene rings is 1. The minimum Gasteiger partial charge on any atom is -0.325 e. The van der Waals surface area contributed by atoms with Crippen LogP contribution in [0.1, 0.15) is 12.5 Å². The van der Waals surface area contributed by atoms with Crippen molar-refractivity contribution in [1.82, 2.24) is 5.32 Å². The van der Waals surface area contributed by atoms with Crippen LogP contribution in [0.15, 0.2) is 24.3 Å². The number of primary sulfonamides is 1. The van der Waals surface area contributed by atoms with Gasteiger partial charge in [-0.25, -0.2) is 13.6 Å². The molecule has 0 aliphatic carbocycles. The minimum atomic E-state index is -3.52. The van der Waals surface area contributed by atoms with Crippen LogP contribution in [0.25, 0.3) is 0 Å². The summed E-state index contributed by atoms with van der Waals surface area (Å²) in [7, 11) is -3.52. The molecule has 1 rings (SSSR count). The van der Waals surface area contributed by atoms with Crippen LogP contribution in [0.2, 0.25) is 0 Å². The average Bonchev–Trinajstić information content (AvgIpc) is 2.27. The maximum absolute atomic E-state index is 11.4. The summed E-state index contributed by atoms with van der Waals surface area (Å²) in [6.07, 6.45) is 0. The molecular weight excluding hydrogens is 254 g/mol. The first-order chi connectivity index (χ1) is 8.40. The molecule has 0 radical (unpaired) electrons. The number of anilines is 1. The molecule has 1 aromatic rings. The van der Waals surface area contributed by atoms with Gasteiger partial charge in [-0.3, -0.25) is 4.79 Å². The van der Waals surface area contributed by atoms with E-state index in [4.69, 9.17) is 5.14 Å². The lowest BCUT2D eigenvalue weighted by Gasteiger charge is -2.06. The highest BCUT2D eigenvalue weighted by atomic mass is 32.2. The third-order valence-corrected chi connectivity index (χ3v) is 2.88. The molecule has 0 unspecified atom stereocenters. The summed E-state index contributed by atoms with van der Waals surface area (Å²) < 4.78 is 21.8. The number of rotatable bonds is 6. The maximum atomic E-state index is 11.4. The van der Waals surface area contributed by atoms with Gasteiger partial charge in [0.25, 0.3) is 0 Å². The summed E-state index contributed by atoms with van der Waals surface area (Å²) in [5, 5.41) is 10.5. The smallest absolute Gasteiger partial charge is 0.238 e. The lowest BCUT2D eigenvalue weighted by Crippen LogP contribution is -2.27. The number of sulfonamides is 1. The van der Waals surface area contributed by atoms with Crippen LogP contribution >= 0.6 is 0 Å². The van der Waals surface area contributed by atoms with Crippen LogP contribution in [-0.4, -0.2) is 27.4 Å². The topological polar surface area (TPSA) is 101 Å². The van der Waals surface area contributed by atoms with E-state index < -0.39 is 10.0 Å². The number of likely N-dealkylation sites (N-methyl/N-ethyl adjacent to an activating group) is 1. The number of amides is 1. The molecule has 0 atom stereocenters. The molecule has 0 heterocycles. The predicted molar refractivity (Wildman–Crippen MR) is 70.4 cm³/mol. The second-order valence-electron chi connectivity index (χ2n) is 3.83. The predicted octanol–water partition coefficient (Wildman–Crippen LogP) is 0.0231. The summed E-state index contributed by atoms with van der Waals surface area (Å²) in [4.78, 5) is 11.4. The Labute approximate surface area is 107 Å². The van der Waals surface area contributed by atoms with E-state index in [1.54, 1.807) is 24.3 Å². The Morgan fingerprint density at radius 1 is 1.28 bits per heavy atom. The van der Waals surface area contributed by atoms with Gasteiger partial charge in [-0.1, -0.05) is 19.1 Å². The van der Waals surface area contributed by atoms with Gasteiger partial charge in [0.15, 0.2) is 0 Å². The van der Waals surface area contributed by atoms with E-state index in [9.17, 15) is 13.2 Å². The van der Waals surface area contributed by atoms with E-state index in [0.29, 0.717) is 11.3 Å². The summed E-state index contributed by atoms with van der Waals surface area (Å²) in [5.41, 5.74) is 1.21. The van der Waals surface area contributed by atoms with E-state index >= 15 is 0 Å². The van der Waals surface area contributed by atoms with Crippen molar-refractivity contribution in [3.05, 3.63) is 29.8 Å². The van der Waals surface area contributed by atoms with Crippen molar-refractivity contribution in [3.63, 3.8) is 0 Å². The van der Waals surface area contributed by atoms with Crippen molar-refractivity contribution >= 4 is 21.6 Å². The third kappa shape index (κ3) is 5.76. The quantitative estimate of drug-likeness (QED) is 0.679. The number of nitrogens with one attached hydrogen (secondary N) is 2. The van der Waals surface area contributed by atoms with E-state index in [1.165, 1.54) is 0 Å². The van der Waals surface area contributed by atoms with Gasteiger partial charge in [0.1, 0.15) is 0 Å². The Kier molecular flexibility index (Phi) is 5.26. The van der Waals surface area contributed by atoms with Crippen LogP contribution < -0.4 is 15.8 Å². The zero-order valence-corrected chi connectivity index (χ0v) is 11.0. The Morgan fingerprint density at radius 3 is 2.39 bits per heavy atom. The molecule has 6 nitrogen and oxygen atoms in total. The van der Waals surface area contributed by atoms with Crippen LogP contribution in [0.3, 0.4) is 0 Å². The molecule has 0 saturated heterocycles. The zero-order valence-electron chi connectivity index (χ0n) is 10.1. The number of carbonyl (C=O) groups excluding carboxylic acids is 1. The van der Waals surface area contributed by atoms with Gasteiger partial charge in [0.2, 0.25) is 15.9 Å². The second-order valence-corrected chi connectivity index (χ2v) is 5.45. The highest BCUT2D eigenvalue weighted by molar-refractivity contribution is 7.88. The molecule has 100 valence electrons. The summed E-state index contributed by atoms with van der Waals surface area (Å²) in [5.74, 6) is -0.352. The van der Waals surface area contributed by atoms with Gasteiger partial charge in [0, 0.05) is 5.69 Å². The maximum Gasteiger partial charge on any atom is 0.238 e. The molecule has 18 heavy (non-hydrogen) atoms. The van der Waals surface area contributed by atoms with Crippen LogP contribution in [0.4, 0.5) is 5.69 Å². The molecule has 0 aliphatic heterocycles. The first kappa shape index (κ1) is 14.6. The Hall–Kier alpha value is -1.44. The van der Waals surface area contributed by atoms with E-state index in [0.717, 1.165) is 6.54 Å². The molecule has 0 spiro atoms. The summed E-state index contributed by atoms with van der Waals surface area (Å²) >= 11 is 0. The van der Waals surface area contributed by atoms with Crippen LogP contribution in [0, 0.1) is 0 Å². The van der Waals surface area contributed by atoms with E-state index in [1.807, 2.05) is 6.92 Å². The highest BCUT2D eigenvalue weighted by Crippen LogP contribution is 2.10. The monoisotopic (exact) mass is 271 g/mol. The second kappa shape index (κ2) is 6.48. The Balaban J connectivity index is 2.58. The van der Waals surface area contributed by atoms with Crippen LogP contribution in [-0.2, 0) is 20.6 Å². The van der Waals surface area contributed by atoms with Gasteiger partial charge in [-0.05, 0) is 24.2 Å². The molecular formula is C11H17N3O3S. The molecule has 1 amide bonds. The fourth-order valence-electron chi connectivity index (χ4n) is 1.36. The molecule has 0 fully saturated rings. The average molecular weight is 271 g/mol. The van der Waals surface area contributed by atoms with Crippen molar-refractivity contribution in [3.8, 4) is 0 Å². The van der Waals surface area contributed by atoms with E-state index in [2.05, 4.69) is 10.6 Å². The molecule has 0 aromatic heterocycles. The molecule has 7 heteroatoms. The molecule has 4 N–H and O–H groups in total. The highest BCUT2D eigenvalue weighted by Gasteiger charge is 2.05. The number of hydrogen-bond acceptors (Lipinski definition) is 4. The molecule has 1 aromatic carbocycles. The van der Waals surface area contributed by atoms with Gasteiger partial charge in [-0.15, -0.1) is 0 Å². The standard InChI is InChI=1S/C11H17N3O3S/c1-2-13-7-11(15)14-10-5-3-9(4-6-10)8-18(12,16)17/h3-6,13H,2,7-8H2,1H3,(H,14,15)(H2,12,16,17). The number of carbonyl (C=O) groups is 1. The van der Waals surface area contributed by atoms with Crippen molar-refractivity contribution in [2.45, 2.75) is 12.7 Å². The van der Waals surface area contributed by atoms with Crippen molar-refractivity contribution in [1.29, 1.82) is 0 Å². The van der Waals surface area contributed by atoms with Gasteiger partial charge < -0.3 is 10.6 Å². The SMILES string of the molecule is CCNCC(=O)Nc1ccc(CS(N)(=O)=O)cc1. The van der Waals surface area contributed by atoms with E-state index in [-0.39, 0.29) is 18.2 Å². The van der Waals surface area contributed by atoms with Gasteiger partial charge in [-0.2, -0.15) is 0 Å². The van der Waals surface area contributed by atoms with Crippen molar-refractivity contribution in [2.24, 2.45) is 5.14 Å². The molecule has 0 bridgehead atoms. The number of nitrogens with two attached hydrogens (primary N) is 1. The molecule has 0 saturated carbocycles. The van der Waals surface area contributed by atoms with Gasteiger partial charge >= 0.3 is 0 Å².